The Balaban J connectivity index is 2.23. The van der Waals surface area contributed by atoms with Gasteiger partial charge in [-0.2, -0.15) is 0 Å². The van der Waals surface area contributed by atoms with E-state index in [1.165, 1.54) is 11.3 Å². The zero-order chi connectivity index (χ0) is 11.1. The Hall–Kier alpha value is -1.54. The van der Waals surface area contributed by atoms with E-state index in [0.717, 1.165) is 19.3 Å². The minimum atomic E-state index is -0.177. The van der Waals surface area contributed by atoms with E-state index < -0.39 is 0 Å². The lowest BCUT2D eigenvalue weighted by Gasteiger charge is -2.01. The lowest BCUT2D eigenvalue weighted by molar-refractivity contribution is 0.0949. The van der Waals surface area contributed by atoms with Crippen LogP contribution in [0.3, 0.4) is 0 Å². The van der Waals surface area contributed by atoms with Crippen LogP contribution in [-0.2, 0) is 0 Å². The summed E-state index contributed by atoms with van der Waals surface area (Å²) in [6, 6.07) is 0. The van der Waals surface area contributed by atoms with Crippen molar-refractivity contribution >= 4 is 22.4 Å². The van der Waals surface area contributed by atoms with E-state index in [9.17, 15) is 4.79 Å². The van der Waals surface area contributed by atoms with Gasteiger partial charge in [-0.1, -0.05) is 0 Å². The molecule has 0 spiro atoms. The van der Waals surface area contributed by atoms with Crippen LogP contribution in [0, 0.1) is 12.3 Å². The van der Waals surface area contributed by atoms with E-state index in [1.54, 1.807) is 5.38 Å². The number of nitrogens with one attached hydrogen (secondary N) is 1. The van der Waals surface area contributed by atoms with Gasteiger partial charge in [-0.05, 0) is 12.8 Å². The maximum atomic E-state index is 11.4. The smallest absolute Gasteiger partial charge is 0.270 e. The van der Waals surface area contributed by atoms with Crippen LogP contribution in [0.5, 0.6) is 0 Å². The molecule has 0 unspecified atom stereocenters. The van der Waals surface area contributed by atoms with Gasteiger partial charge >= 0.3 is 0 Å². The first-order valence-electron chi connectivity index (χ1n) is 4.66. The fraction of sp³-hybridized carbons (Fsp3) is 0.400. The molecule has 1 heterocycles. The fourth-order valence-corrected chi connectivity index (χ4v) is 1.58. The number of nitrogens with two attached hydrogens (primary N) is 1. The largest absolute Gasteiger partial charge is 0.375 e. The average molecular weight is 223 g/mol. The Kier molecular flexibility index (Phi) is 4.64. The number of carbonyl (C=O) groups excluding carboxylic acids is 1. The molecule has 80 valence electrons. The van der Waals surface area contributed by atoms with Crippen molar-refractivity contribution in [3.8, 4) is 12.3 Å². The van der Waals surface area contributed by atoms with Crippen molar-refractivity contribution in [1.82, 2.24) is 10.3 Å². The second-order valence-electron chi connectivity index (χ2n) is 2.99. The number of carbonyl (C=O) groups is 1. The van der Waals surface area contributed by atoms with Gasteiger partial charge in [0, 0.05) is 18.3 Å². The molecular formula is C10H13N3OS. The van der Waals surface area contributed by atoms with Crippen molar-refractivity contribution in [3.05, 3.63) is 11.1 Å². The molecule has 1 aromatic heterocycles. The minimum Gasteiger partial charge on any atom is -0.375 e. The summed E-state index contributed by atoms with van der Waals surface area (Å²) in [6.07, 6.45) is 7.67. The van der Waals surface area contributed by atoms with Crippen molar-refractivity contribution in [2.24, 2.45) is 0 Å². The quantitative estimate of drug-likeness (QED) is 0.583. The zero-order valence-corrected chi connectivity index (χ0v) is 9.14. The fourth-order valence-electron chi connectivity index (χ4n) is 1.04. The normalized spacial score (nSPS) is 9.53. The number of thiazole rings is 1. The molecule has 0 saturated heterocycles. The lowest BCUT2D eigenvalue weighted by Crippen LogP contribution is -2.24. The van der Waals surface area contributed by atoms with Crippen LogP contribution in [0.2, 0.25) is 0 Å². The predicted molar refractivity (Wildman–Crippen MR) is 61.5 cm³/mol. The van der Waals surface area contributed by atoms with E-state index >= 15 is 0 Å². The molecule has 1 rings (SSSR count). The number of anilines is 1. The lowest BCUT2D eigenvalue weighted by atomic mass is 10.2. The van der Waals surface area contributed by atoms with Gasteiger partial charge in [-0.15, -0.1) is 23.7 Å². The van der Waals surface area contributed by atoms with E-state index in [-0.39, 0.29) is 5.91 Å². The third-order valence-corrected chi connectivity index (χ3v) is 2.46. The predicted octanol–water partition coefficient (Wildman–Crippen LogP) is 1.26. The van der Waals surface area contributed by atoms with Crippen molar-refractivity contribution in [2.45, 2.75) is 19.3 Å². The first-order chi connectivity index (χ1) is 7.24. The van der Waals surface area contributed by atoms with Gasteiger partial charge in [0.05, 0.1) is 0 Å². The van der Waals surface area contributed by atoms with Gasteiger partial charge in [0.15, 0.2) is 5.13 Å². The summed E-state index contributed by atoms with van der Waals surface area (Å²) < 4.78 is 0. The summed E-state index contributed by atoms with van der Waals surface area (Å²) in [4.78, 5) is 15.3. The van der Waals surface area contributed by atoms with Crippen LogP contribution in [-0.4, -0.2) is 17.4 Å². The third kappa shape index (κ3) is 4.00. The number of nitrogen functional groups attached to an aromatic ring is 1. The standard InChI is InChI=1S/C10H13N3OS/c1-2-3-4-5-6-12-9(14)8-7-15-10(11)13-8/h1,7H,3-6H2,(H2,11,13)(H,12,14). The topological polar surface area (TPSA) is 68.0 Å². The Labute approximate surface area is 92.9 Å². The third-order valence-electron chi connectivity index (χ3n) is 1.79. The van der Waals surface area contributed by atoms with Crippen LogP contribution in [0.1, 0.15) is 29.8 Å². The summed E-state index contributed by atoms with van der Waals surface area (Å²) >= 11 is 1.26. The second kappa shape index (κ2) is 6.04. The maximum Gasteiger partial charge on any atom is 0.270 e. The van der Waals surface area contributed by atoms with E-state index in [4.69, 9.17) is 12.2 Å². The maximum absolute atomic E-state index is 11.4. The van der Waals surface area contributed by atoms with Crippen LogP contribution in [0.4, 0.5) is 5.13 Å². The molecule has 0 fully saturated rings. The number of aromatic nitrogens is 1. The highest BCUT2D eigenvalue weighted by Gasteiger charge is 2.07. The average Bonchev–Trinajstić information content (AvgIpc) is 2.64. The Bertz CT molecular complexity index is 367. The van der Waals surface area contributed by atoms with Gasteiger partial charge in [0.2, 0.25) is 0 Å². The number of unbranched alkanes of at least 4 members (excludes halogenated alkanes) is 2. The van der Waals surface area contributed by atoms with Gasteiger partial charge in [0.25, 0.3) is 5.91 Å². The molecular weight excluding hydrogens is 210 g/mol. The molecule has 1 amide bonds. The van der Waals surface area contributed by atoms with Crippen LogP contribution in [0.25, 0.3) is 0 Å². The molecule has 0 radical (unpaired) electrons. The van der Waals surface area contributed by atoms with E-state index in [1.807, 2.05) is 0 Å². The van der Waals surface area contributed by atoms with E-state index in [0.29, 0.717) is 17.4 Å². The number of hydrogen-bond acceptors (Lipinski definition) is 4. The number of terminal acetylenes is 1. The van der Waals surface area contributed by atoms with Gasteiger partial charge in [-0.25, -0.2) is 4.98 Å². The SMILES string of the molecule is C#CCCCCNC(=O)c1csc(N)n1. The molecule has 0 bridgehead atoms. The molecule has 1 aromatic rings. The molecule has 0 aliphatic heterocycles. The first kappa shape index (κ1) is 11.5. The molecule has 4 nitrogen and oxygen atoms in total. The number of amides is 1. The van der Waals surface area contributed by atoms with Crippen LogP contribution < -0.4 is 11.1 Å². The van der Waals surface area contributed by atoms with Crippen molar-refractivity contribution in [1.29, 1.82) is 0 Å². The summed E-state index contributed by atoms with van der Waals surface area (Å²) in [5.41, 5.74) is 5.80. The molecule has 0 aliphatic rings. The monoisotopic (exact) mass is 223 g/mol. The molecule has 0 aromatic carbocycles. The highest BCUT2D eigenvalue weighted by atomic mass is 32.1. The highest BCUT2D eigenvalue weighted by Crippen LogP contribution is 2.10. The summed E-state index contributed by atoms with van der Waals surface area (Å²) in [5.74, 6) is 2.37. The molecule has 0 saturated carbocycles. The summed E-state index contributed by atoms with van der Waals surface area (Å²) in [5, 5.41) is 4.81. The number of nitrogens with zero attached hydrogens (tertiary/aromatic N) is 1. The van der Waals surface area contributed by atoms with Gasteiger partial charge < -0.3 is 11.1 Å². The highest BCUT2D eigenvalue weighted by molar-refractivity contribution is 7.13. The summed E-state index contributed by atoms with van der Waals surface area (Å²) in [6.45, 7) is 0.623. The first-order valence-corrected chi connectivity index (χ1v) is 5.54. The minimum absolute atomic E-state index is 0.177. The Morgan fingerprint density at radius 3 is 3.07 bits per heavy atom. The molecule has 15 heavy (non-hydrogen) atoms. The number of hydrogen-bond donors (Lipinski definition) is 2. The molecule has 0 aliphatic carbocycles. The Morgan fingerprint density at radius 1 is 1.67 bits per heavy atom. The van der Waals surface area contributed by atoms with Gasteiger partial charge in [0.1, 0.15) is 5.69 Å². The molecule has 5 heteroatoms. The van der Waals surface area contributed by atoms with Crippen LogP contribution in [0.15, 0.2) is 5.38 Å². The van der Waals surface area contributed by atoms with E-state index in [2.05, 4.69) is 16.2 Å². The Morgan fingerprint density at radius 2 is 2.47 bits per heavy atom. The molecule has 3 N–H and O–H groups in total. The number of rotatable bonds is 5. The van der Waals surface area contributed by atoms with Crippen molar-refractivity contribution in [3.63, 3.8) is 0 Å². The molecule has 0 atom stereocenters. The second-order valence-corrected chi connectivity index (χ2v) is 3.88. The van der Waals surface area contributed by atoms with Crippen molar-refractivity contribution < 1.29 is 4.79 Å². The van der Waals surface area contributed by atoms with Crippen LogP contribution >= 0.6 is 11.3 Å². The zero-order valence-electron chi connectivity index (χ0n) is 8.32. The summed E-state index contributed by atoms with van der Waals surface area (Å²) in [7, 11) is 0. The van der Waals surface area contributed by atoms with Crippen molar-refractivity contribution in [2.75, 3.05) is 12.3 Å². The van der Waals surface area contributed by atoms with Gasteiger partial charge in [-0.3, -0.25) is 4.79 Å².